The van der Waals surface area contributed by atoms with Crippen LogP contribution in [0.15, 0.2) is 23.1 Å². The lowest BCUT2D eigenvalue weighted by Crippen LogP contribution is -2.25. The number of nitrogens with zero attached hydrogens (tertiary/aromatic N) is 1. The number of nitrogens with one attached hydrogen (secondary N) is 2. The highest BCUT2D eigenvalue weighted by Crippen LogP contribution is 2.27. The minimum absolute atomic E-state index is 0.0713. The van der Waals surface area contributed by atoms with Gasteiger partial charge in [0.1, 0.15) is 5.69 Å². The molecule has 0 atom stereocenters. The fraction of sp³-hybridized carbons (Fsp3) is 0.500. The number of rotatable bonds is 9. The van der Waals surface area contributed by atoms with Crippen LogP contribution in [-0.2, 0) is 14.6 Å². The molecule has 0 saturated heterocycles. The predicted molar refractivity (Wildman–Crippen MR) is 79.4 cm³/mol. The summed E-state index contributed by atoms with van der Waals surface area (Å²) in [6.07, 6.45) is 1.01. The zero-order valence-corrected chi connectivity index (χ0v) is 12.8. The van der Waals surface area contributed by atoms with E-state index >= 15 is 0 Å². The molecule has 0 aliphatic rings. The molecule has 1 rings (SSSR count). The molecule has 0 spiro atoms. The van der Waals surface area contributed by atoms with Crippen LogP contribution in [0.1, 0.15) is 0 Å². The number of nitro benzene ring substituents is 1. The van der Waals surface area contributed by atoms with Crippen molar-refractivity contribution in [2.24, 2.45) is 0 Å². The van der Waals surface area contributed by atoms with Gasteiger partial charge in [-0.1, -0.05) is 0 Å². The van der Waals surface area contributed by atoms with Gasteiger partial charge in [-0.2, -0.15) is 0 Å². The highest BCUT2D eigenvalue weighted by molar-refractivity contribution is 7.90. The van der Waals surface area contributed by atoms with Crippen molar-refractivity contribution in [3.63, 3.8) is 0 Å². The van der Waals surface area contributed by atoms with Crippen molar-refractivity contribution in [2.45, 2.75) is 4.90 Å². The molecule has 21 heavy (non-hydrogen) atoms. The summed E-state index contributed by atoms with van der Waals surface area (Å²) in [6, 6.07) is 3.82. The Morgan fingerprint density at radius 2 is 2.00 bits per heavy atom. The van der Waals surface area contributed by atoms with E-state index in [0.717, 1.165) is 12.3 Å². The van der Waals surface area contributed by atoms with E-state index in [9.17, 15) is 18.5 Å². The van der Waals surface area contributed by atoms with Crippen molar-refractivity contribution < 1.29 is 18.1 Å². The molecule has 0 amide bonds. The van der Waals surface area contributed by atoms with Gasteiger partial charge < -0.3 is 15.4 Å². The molecule has 0 fully saturated rings. The van der Waals surface area contributed by atoms with Crippen molar-refractivity contribution >= 4 is 21.2 Å². The van der Waals surface area contributed by atoms with Crippen LogP contribution < -0.4 is 10.6 Å². The van der Waals surface area contributed by atoms with Crippen LogP contribution in [0.25, 0.3) is 0 Å². The minimum atomic E-state index is -3.47. The maximum atomic E-state index is 11.4. The van der Waals surface area contributed by atoms with E-state index in [-0.39, 0.29) is 10.6 Å². The van der Waals surface area contributed by atoms with Gasteiger partial charge in [-0.25, -0.2) is 8.42 Å². The Morgan fingerprint density at radius 3 is 2.57 bits per heavy atom. The van der Waals surface area contributed by atoms with E-state index in [1.807, 2.05) is 0 Å². The normalized spacial score (nSPS) is 11.3. The lowest BCUT2D eigenvalue weighted by Gasteiger charge is -2.09. The molecule has 0 saturated carbocycles. The van der Waals surface area contributed by atoms with Crippen molar-refractivity contribution in [3.8, 4) is 0 Å². The molecule has 0 aliphatic heterocycles. The summed E-state index contributed by atoms with van der Waals surface area (Å²) in [5, 5.41) is 17.0. The molecule has 0 radical (unpaired) electrons. The van der Waals surface area contributed by atoms with Crippen LogP contribution in [0.4, 0.5) is 11.4 Å². The third-order valence-electron chi connectivity index (χ3n) is 2.69. The van der Waals surface area contributed by atoms with Gasteiger partial charge in [-0.3, -0.25) is 10.1 Å². The second-order valence-corrected chi connectivity index (χ2v) is 6.39. The van der Waals surface area contributed by atoms with Crippen LogP contribution in [0.3, 0.4) is 0 Å². The molecule has 9 heteroatoms. The van der Waals surface area contributed by atoms with Gasteiger partial charge >= 0.3 is 0 Å². The molecule has 8 nitrogen and oxygen atoms in total. The number of hydrogen-bond donors (Lipinski definition) is 2. The number of sulfone groups is 1. The van der Waals surface area contributed by atoms with E-state index in [1.54, 1.807) is 7.11 Å². The molecule has 0 bridgehead atoms. The lowest BCUT2D eigenvalue weighted by atomic mass is 10.2. The summed E-state index contributed by atoms with van der Waals surface area (Å²) < 4.78 is 27.7. The van der Waals surface area contributed by atoms with E-state index in [2.05, 4.69) is 10.6 Å². The first-order valence-electron chi connectivity index (χ1n) is 6.28. The van der Waals surface area contributed by atoms with Crippen molar-refractivity contribution in [1.29, 1.82) is 0 Å². The standard InChI is InChI=1S/C12H19N3O5S/c1-20-8-7-13-5-6-14-11-4-3-10(21(2,18)19)9-12(11)15(16)17/h3-4,9,13-14H,5-8H2,1-2H3. The second kappa shape index (κ2) is 7.91. The van der Waals surface area contributed by atoms with Crippen LogP contribution in [0, 0.1) is 10.1 Å². The van der Waals surface area contributed by atoms with Gasteiger partial charge in [-0.05, 0) is 12.1 Å². The summed E-state index contributed by atoms with van der Waals surface area (Å²) in [5.41, 5.74) is 0.0377. The lowest BCUT2D eigenvalue weighted by molar-refractivity contribution is -0.384. The van der Waals surface area contributed by atoms with Crippen molar-refractivity contribution in [1.82, 2.24) is 5.32 Å². The summed E-state index contributed by atoms with van der Waals surface area (Å²) >= 11 is 0. The van der Waals surface area contributed by atoms with Gasteiger partial charge in [0, 0.05) is 39.1 Å². The van der Waals surface area contributed by atoms with Crippen LogP contribution in [-0.4, -0.2) is 52.9 Å². The Labute approximate surface area is 123 Å². The van der Waals surface area contributed by atoms with E-state index in [0.29, 0.717) is 31.9 Å². The van der Waals surface area contributed by atoms with E-state index in [4.69, 9.17) is 4.74 Å². The van der Waals surface area contributed by atoms with Crippen LogP contribution in [0.2, 0.25) is 0 Å². The third kappa shape index (κ3) is 5.66. The van der Waals surface area contributed by atoms with Gasteiger partial charge in [0.05, 0.1) is 16.4 Å². The van der Waals surface area contributed by atoms with Crippen LogP contribution in [0.5, 0.6) is 0 Å². The highest BCUT2D eigenvalue weighted by Gasteiger charge is 2.18. The largest absolute Gasteiger partial charge is 0.383 e. The minimum Gasteiger partial charge on any atom is -0.383 e. The topological polar surface area (TPSA) is 111 Å². The average Bonchev–Trinajstić information content (AvgIpc) is 2.41. The summed E-state index contributed by atoms with van der Waals surface area (Å²) in [6.45, 7) is 2.35. The Balaban J connectivity index is 2.72. The Hall–Kier alpha value is -1.71. The fourth-order valence-electron chi connectivity index (χ4n) is 1.63. The molecule has 0 heterocycles. The SMILES string of the molecule is COCCNCCNc1ccc(S(C)(=O)=O)cc1[N+](=O)[O-]. The zero-order valence-electron chi connectivity index (χ0n) is 12.0. The molecule has 118 valence electrons. The van der Waals surface area contributed by atoms with Crippen molar-refractivity contribution in [3.05, 3.63) is 28.3 Å². The first-order valence-corrected chi connectivity index (χ1v) is 8.17. The maximum absolute atomic E-state index is 11.4. The Morgan fingerprint density at radius 1 is 1.29 bits per heavy atom. The summed E-state index contributed by atoms with van der Waals surface area (Å²) in [5.74, 6) is 0. The highest BCUT2D eigenvalue weighted by atomic mass is 32.2. The van der Waals surface area contributed by atoms with Crippen molar-refractivity contribution in [2.75, 3.05) is 44.9 Å². The predicted octanol–water partition coefficient (Wildman–Crippen LogP) is 0.646. The zero-order chi connectivity index (χ0) is 15.9. The Bertz CT molecular complexity index is 589. The number of ether oxygens (including phenoxy) is 1. The van der Waals surface area contributed by atoms with E-state index in [1.165, 1.54) is 12.1 Å². The maximum Gasteiger partial charge on any atom is 0.293 e. The molecular weight excluding hydrogens is 298 g/mol. The second-order valence-electron chi connectivity index (χ2n) is 4.38. The molecule has 0 aromatic heterocycles. The molecule has 2 N–H and O–H groups in total. The Kier molecular flexibility index (Phi) is 6.53. The number of benzene rings is 1. The van der Waals surface area contributed by atoms with E-state index < -0.39 is 14.8 Å². The average molecular weight is 317 g/mol. The van der Waals surface area contributed by atoms with Gasteiger partial charge in [0.25, 0.3) is 5.69 Å². The molecule has 1 aromatic carbocycles. The number of nitro groups is 1. The monoisotopic (exact) mass is 317 g/mol. The van der Waals surface area contributed by atoms with Gasteiger partial charge in [-0.15, -0.1) is 0 Å². The van der Waals surface area contributed by atoms with Gasteiger partial charge in [0.2, 0.25) is 0 Å². The molecule has 1 aromatic rings. The quantitative estimate of drug-likeness (QED) is 0.391. The first kappa shape index (κ1) is 17.3. The third-order valence-corrected chi connectivity index (χ3v) is 3.80. The molecule has 0 unspecified atom stereocenters. The molecular formula is C12H19N3O5S. The smallest absolute Gasteiger partial charge is 0.293 e. The van der Waals surface area contributed by atoms with Gasteiger partial charge in [0.15, 0.2) is 9.84 Å². The summed E-state index contributed by atoms with van der Waals surface area (Å²) in [7, 11) is -1.87. The van der Waals surface area contributed by atoms with Crippen LogP contribution >= 0.6 is 0 Å². The number of hydrogen-bond acceptors (Lipinski definition) is 7. The first-order chi connectivity index (χ1) is 9.86. The number of anilines is 1. The summed E-state index contributed by atoms with van der Waals surface area (Å²) in [4.78, 5) is 10.3. The number of methoxy groups -OCH3 is 1. The fourth-order valence-corrected chi connectivity index (χ4v) is 2.27. The molecule has 0 aliphatic carbocycles.